The molecule has 4 rings (SSSR count). The van der Waals surface area contributed by atoms with Crippen LogP contribution in [0.1, 0.15) is 47.3 Å². The number of fused-ring (bicyclic) bond motifs is 3. The number of carbonyl (C=O) groups is 2. The normalized spacial score (nSPS) is 14.5. The van der Waals surface area contributed by atoms with Gasteiger partial charge in [0.15, 0.2) is 0 Å². The van der Waals surface area contributed by atoms with E-state index in [4.69, 9.17) is 14.1 Å². The van der Waals surface area contributed by atoms with Crippen molar-refractivity contribution < 1.29 is 35.5 Å². The molecular formula is C26H28N4O8S2. The number of rotatable bonds is 9. The van der Waals surface area contributed by atoms with Crippen molar-refractivity contribution in [2.45, 2.75) is 26.2 Å². The van der Waals surface area contributed by atoms with Gasteiger partial charge in [0.25, 0.3) is 32.1 Å². The molecule has 3 aromatic rings. The van der Waals surface area contributed by atoms with Crippen LogP contribution in [0.15, 0.2) is 47.5 Å². The van der Waals surface area contributed by atoms with E-state index >= 15 is 0 Å². The summed E-state index contributed by atoms with van der Waals surface area (Å²) < 4.78 is 62.2. The van der Waals surface area contributed by atoms with Gasteiger partial charge in [-0.3, -0.25) is 23.7 Å². The number of pyridine rings is 1. The Labute approximate surface area is 231 Å². The van der Waals surface area contributed by atoms with Crippen molar-refractivity contribution in [3.05, 3.63) is 59.4 Å². The smallest absolute Gasteiger partial charge is 0.269 e. The Morgan fingerprint density at radius 2 is 1.35 bits per heavy atom. The molecule has 0 bridgehead atoms. The summed E-state index contributed by atoms with van der Waals surface area (Å²) >= 11 is 0. The minimum absolute atomic E-state index is 0.205. The van der Waals surface area contributed by atoms with Crippen molar-refractivity contribution in [1.29, 1.82) is 0 Å². The van der Waals surface area contributed by atoms with Crippen molar-refractivity contribution in [2.24, 2.45) is 4.99 Å². The molecule has 14 heteroatoms. The van der Waals surface area contributed by atoms with Crippen LogP contribution in [0.5, 0.6) is 0 Å². The monoisotopic (exact) mass is 588 g/mol. The largest absolute Gasteiger partial charge is 0.350 e. The Balaban J connectivity index is 1.83. The van der Waals surface area contributed by atoms with E-state index in [1.54, 1.807) is 0 Å². The second-order valence-corrected chi connectivity index (χ2v) is 13.0. The lowest BCUT2D eigenvalue weighted by atomic mass is 9.79. The maximum Gasteiger partial charge on any atom is 0.269 e. The lowest BCUT2D eigenvalue weighted by Crippen LogP contribution is -2.32. The number of aromatic nitrogens is 1. The van der Waals surface area contributed by atoms with Gasteiger partial charge in [0.05, 0.1) is 17.2 Å². The van der Waals surface area contributed by atoms with Gasteiger partial charge in [0.2, 0.25) is 0 Å². The Morgan fingerprint density at radius 1 is 0.850 bits per heavy atom. The fraction of sp³-hybridized carbons (Fsp3) is 0.308. The summed E-state index contributed by atoms with van der Waals surface area (Å²) in [5.41, 5.74) is 3.07. The molecule has 4 N–H and O–H groups in total. The highest BCUT2D eigenvalue weighted by Gasteiger charge is 2.34. The Bertz CT molecular complexity index is 1710. The maximum absolute atomic E-state index is 12.9. The predicted molar refractivity (Wildman–Crippen MR) is 150 cm³/mol. The van der Waals surface area contributed by atoms with E-state index in [0.717, 1.165) is 27.7 Å². The van der Waals surface area contributed by atoms with Crippen molar-refractivity contribution in [2.75, 3.05) is 24.6 Å². The summed E-state index contributed by atoms with van der Waals surface area (Å²) in [6.07, 6.45) is 0. The van der Waals surface area contributed by atoms with Gasteiger partial charge in [0.1, 0.15) is 11.4 Å². The SMILES string of the molecule is CC1=Nc2c(cc(-c3cc(C(=O)NCCS(=O)(=O)O)nc(C(=O)NCCS(=O)(=O)O)c3)c3ccccc23)C1(C)C. The molecule has 0 saturated heterocycles. The van der Waals surface area contributed by atoms with E-state index < -0.39 is 56.6 Å². The molecular weight excluding hydrogens is 560 g/mol. The zero-order valence-electron chi connectivity index (χ0n) is 21.9. The van der Waals surface area contributed by atoms with Crippen LogP contribution in [0.2, 0.25) is 0 Å². The van der Waals surface area contributed by atoms with Gasteiger partial charge >= 0.3 is 0 Å². The molecule has 0 radical (unpaired) electrons. The van der Waals surface area contributed by atoms with E-state index in [1.165, 1.54) is 12.1 Å². The van der Waals surface area contributed by atoms with Crippen molar-refractivity contribution >= 4 is 54.2 Å². The van der Waals surface area contributed by atoms with E-state index in [-0.39, 0.29) is 16.8 Å². The first-order valence-electron chi connectivity index (χ1n) is 12.2. The van der Waals surface area contributed by atoms with E-state index in [2.05, 4.69) is 15.6 Å². The van der Waals surface area contributed by atoms with Gasteiger partial charge in [-0.2, -0.15) is 16.8 Å². The molecule has 1 aromatic heterocycles. The number of carbonyl (C=O) groups excluding carboxylic acids is 2. The number of nitrogens with one attached hydrogen (secondary N) is 2. The molecule has 0 aliphatic carbocycles. The lowest BCUT2D eigenvalue weighted by Gasteiger charge is -2.22. The minimum Gasteiger partial charge on any atom is -0.350 e. The van der Waals surface area contributed by atoms with Crippen LogP contribution in [0.4, 0.5) is 5.69 Å². The summed E-state index contributed by atoms with van der Waals surface area (Å²) in [6.45, 7) is 5.25. The van der Waals surface area contributed by atoms with Crippen LogP contribution in [-0.4, -0.2) is 73.0 Å². The summed E-state index contributed by atoms with van der Waals surface area (Å²) in [6, 6.07) is 12.4. The molecule has 0 atom stereocenters. The van der Waals surface area contributed by atoms with Crippen LogP contribution >= 0.6 is 0 Å². The van der Waals surface area contributed by atoms with Crippen LogP contribution in [0, 0.1) is 0 Å². The molecule has 0 fully saturated rings. The summed E-state index contributed by atoms with van der Waals surface area (Å²) in [5, 5.41) is 6.39. The van der Waals surface area contributed by atoms with Gasteiger partial charge < -0.3 is 10.6 Å². The number of benzene rings is 2. The van der Waals surface area contributed by atoms with Gasteiger partial charge in [-0.1, -0.05) is 38.1 Å². The van der Waals surface area contributed by atoms with Crippen molar-refractivity contribution in [3.8, 4) is 11.1 Å². The quantitative estimate of drug-likeness (QED) is 0.272. The molecule has 2 aromatic carbocycles. The highest BCUT2D eigenvalue weighted by molar-refractivity contribution is 7.86. The van der Waals surface area contributed by atoms with E-state index in [9.17, 15) is 26.4 Å². The third kappa shape index (κ3) is 6.36. The van der Waals surface area contributed by atoms with Crippen LogP contribution in [0.25, 0.3) is 21.9 Å². The average molecular weight is 589 g/mol. The molecule has 40 heavy (non-hydrogen) atoms. The number of hydrogen-bond donors (Lipinski definition) is 4. The summed E-state index contributed by atoms with van der Waals surface area (Å²) in [4.78, 5) is 34.8. The van der Waals surface area contributed by atoms with Gasteiger partial charge in [-0.15, -0.1) is 0 Å². The first kappa shape index (κ1) is 29.3. The van der Waals surface area contributed by atoms with E-state index in [0.29, 0.717) is 11.1 Å². The molecule has 12 nitrogen and oxygen atoms in total. The molecule has 0 unspecified atom stereocenters. The lowest BCUT2D eigenvalue weighted by molar-refractivity contribution is 0.0947. The number of nitrogens with zero attached hydrogens (tertiary/aromatic N) is 2. The molecule has 2 amide bonds. The Hall–Kier alpha value is -3.72. The zero-order chi connectivity index (χ0) is 29.5. The first-order chi connectivity index (χ1) is 18.6. The van der Waals surface area contributed by atoms with Crippen molar-refractivity contribution in [1.82, 2.24) is 15.6 Å². The maximum atomic E-state index is 12.9. The molecule has 212 valence electrons. The predicted octanol–water partition coefficient (Wildman–Crippen LogP) is 2.52. The van der Waals surface area contributed by atoms with Gasteiger partial charge in [0, 0.05) is 29.6 Å². The second-order valence-electron chi connectivity index (χ2n) is 9.90. The number of amides is 2. The fourth-order valence-electron chi connectivity index (χ4n) is 4.38. The van der Waals surface area contributed by atoms with Gasteiger partial charge in [-0.25, -0.2) is 4.98 Å². The highest BCUT2D eigenvalue weighted by Crippen LogP contribution is 2.47. The number of aliphatic imine (C=N–C) groups is 1. The first-order valence-corrected chi connectivity index (χ1v) is 15.4. The summed E-state index contributed by atoms with van der Waals surface area (Å²) in [5.74, 6) is -3.01. The Morgan fingerprint density at radius 3 is 1.85 bits per heavy atom. The zero-order valence-corrected chi connectivity index (χ0v) is 23.6. The fourth-order valence-corrected chi connectivity index (χ4v) is 5.11. The second kappa shape index (κ2) is 10.7. The molecule has 1 aliphatic heterocycles. The number of hydrogen-bond acceptors (Lipinski definition) is 8. The van der Waals surface area contributed by atoms with Crippen molar-refractivity contribution in [3.63, 3.8) is 0 Å². The standard InChI is InChI=1S/C26H28N4O8S2/c1-15-26(2,3)20-14-19(17-6-4-5-7-18(17)23(20)29-15)16-12-21(24(31)27-8-10-39(33,34)35)30-22(13-16)25(32)28-9-11-40(36,37)38/h4-7,12-14H,8-11H2,1-3H3,(H,27,31)(H,28,32)(H,33,34,35)(H,36,37,38). The third-order valence-electron chi connectivity index (χ3n) is 6.77. The molecule has 2 heterocycles. The van der Waals surface area contributed by atoms with Crippen LogP contribution in [-0.2, 0) is 25.7 Å². The third-order valence-corrected chi connectivity index (χ3v) is 8.21. The topological polar surface area (TPSA) is 192 Å². The average Bonchev–Trinajstić information content (AvgIpc) is 3.09. The molecule has 1 aliphatic rings. The highest BCUT2D eigenvalue weighted by atomic mass is 32.2. The molecule has 0 spiro atoms. The summed E-state index contributed by atoms with van der Waals surface area (Å²) in [7, 11) is -8.65. The van der Waals surface area contributed by atoms with Gasteiger partial charge in [-0.05, 0) is 47.2 Å². The van der Waals surface area contributed by atoms with Crippen LogP contribution in [0.3, 0.4) is 0 Å². The van der Waals surface area contributed by atoms with Crippen LogP contribution < -0.4 is 10.6 Å². The molecule has 0 saturated carbocycles. The minimum atomic E-state index is -4.32. The van der Waals surface area contributed by atoms with E-state index in [1.807, 2.05) is 51.1 Å². The Kier molecular flexibility index (Phi) is 7.82.